The van der Waals surface area contributed by atoms with Gasteiger partial charge in [0.15, 0.2) is 0 Å². The topological polar surface area (TPSA) is 24.5 Å². The Bertz CT molecular complexity index is 454. The van der Waals surface area contributed by atoms with Gasteiger partial charge in [-0.3, -0.25) is 0 Å². The van der Waals surface area contributed by atoms with Gasteiger partial charge in [-0.25, -0.2) is 0 Å². The first-order valence-corrected chi connectivity index (χ1v) is 8.39. The predicted octanol–water partition coefficient (Wildman–Crippen LogP) is 3.22. The lowest BCUT2D eigenvalue weighted by Gasteiger charge is -2.28. The van der Waals surface area contributed by atoms with Crippen molar-refractivity contribution in [1.82, 2.24) is 10.2 Å². The molecule has 3 nitrogen and oxygen atoms in total. The van der Waals surface area contributed by atoms with E-state index in [1.54, 1.807) is 0 Å². The lowest BCUT2D eigenvalue weighted by atomic mass is 9.92. The number of hydrogen-bond acceptors (Lipinski definition) is 3. The molecule has 2 saturated heterocycles. The maximum Gasteiger partial charge on any atom is 0.119 e. The Kier molecular flexibility index (Phi) is 4.81. The molecule has 1 N–H and O–H groups in total. The number of likely N-dealkylation sites (tertiary alicyclic amines) is 1. The van der Waals surface area contributed by atoms with E-state index in [0.29, 0.717) is 12.1 Å². The second-order valence-corrected chi connectivity index (χ2v) is 6.80. The van der Waals surface area contributed by atoms with Crippen LogP contribution in [0.5, 0.6) is 5.75 Å². The molecule has 0 spiro atoms. The summed E-state index contributed by atoms with van der Waals surface area (Å²) < 4.78 is 6.04. The van der Waals surface area contributed by atoms with E-state index in [9.17, 15) is 0 Å². The monoisotopic (exact) mass is 288 g/mol. The molecule has 0 amide bonds. The summed E-state index contributed by atoms with van der Waals surface area (Å²) in [5.41, 5.74) is 1.37. The SMILES string of the molecule is C[C@H]1CC[C@H](c2cccc(OC[C@@H]3CCCN3C)c2)NC1. The standard InChI is InChI=1S/C18H28N2O/c1-14-8-9-18(19-12-14)15-5-3-7-17(11-15)21-13-16-6-4-10-20(16)2/h3,5,7,11,14,16,18-19H,4,6,8-10,12-13H2,1-2H3/t14-,16-,18+/m0/s1. The molecule has 116 valence electrons. The maximum atomic E-state index is 6.04. The van der Waals surface area contributed by atoms with Crippen LogP contribution < -0.4 is 10.1 Å². The summed E-state index contributed by atoms with van der Waals surface area (Å²) in [5, 5.41) is 3.65. The fourth-order valence-electron chi connectivity index (χ4n) is 3.49. The van der Waals surface area contributed by atoms with Gasteiger partial charge in [0.25, 0.3) is 0 Å². The number of nitrogens with zero attached hydrogens (tertiary/aromatic N) is 1. The Hall–Kier alpha value is -1.06. The molecule has 3 atom stereocenters. The van der Waals surface area contributed by atoms with Crippen LogP contribution in [0.15, 0.2) is 24.3 Å². The highest BCUT2D eigenvalue weighted by atomic mass is 16.5. The van der Waals surface area contributed by atoms with Crippen LogP contribution in [-0.4, -0.2) is 37.7 Å². The number of hydrogen-bond donors (Lipinski definition) is 1. The van der Waals surface area contributed by atoms with E-state index < -0.39 is 0 Å². The van der Waals surface area contributed by atoms with Gasteiger partial charge >= 0.3 is 0 Å². The van der Waals surface area contributed by atoms with Crippen molar-refractivity contribution in [3.63, 3.8) is 0 Å². The first kappa shape index (κ1) is 14.9. The van der Waals surface area contributed by atoms with Crippen molar-refractivity contribution >= 4 is 0 Å². The van der Waals surface area contributed by atoms with Crippen LogP contribution in [0.2, 0.25) is 0 Å². The predicted molar refractivity (Wildman–Crippen MR) is 86.7 cm³/mol. The van der Waals surface area contributed by atoms with Crippen molar-refractivity contribution in [3.8, 4) is 5.75 Å². The quantitative estimate of drug-likeness (QED) is 0.920. The van der Waals surface area contributed by atoms with E-state index in [-0.39, 0.29) is 0 Å². The lowest BCUT2D eigenvalue weighted by molar-refractivity contribution is 0.198. The van der Waals surface area contributed by atoms with E-state index in [1.165, 1.54) is 37.8 Å². The van der Waals surface area contributed by atoms with Gasteiger partial charge in [-0.15, -0.1) is 0 Å². The fourth-order valence-corrected chi connectivity index (χ4v) is 3.49. The number of rotatable bonds is 4. The van der Waals surface area contributed by atoms with Gasteiger partial charge < -0.3 is 15.0 Å². The van der Waals surface area contributed by atoms with E-state index in [1.807, 2.05) is 0 Å². The van der Waals surface area contributed by atoms with Gasteiger partial charge in [0, 0.05) is 12.1 Å². The van der Waals surface area contributed by atoms with Gasteiger partial charge in [-0.2, -0.15) is 0 Å². The molecular formula is C18H28N2O. The molecule has 3 rings (SSSR count). The van der Waals surface area contributed by atoms with Crippen molar-refractivity contribution in [2.45, 2.75) is 44.7 Å². The van der Waals surface area contributed by atoms with Crippen molar-refractivity contribution < 1.29 is 4.74 Å². The Labute approximate surface area is 128 Å². The third-order valence-corrected chi connectivity index (χ3v) is 5.04. The molecule has 0 saturated carbocycles. The third-order valence-electron chi connectivity index (χ3n) is 5.04. The maximum absolute atomic E-state index is 6.04. The molecule has 0 bridgehead atoms. The molecule has 2 fully saturated rings. The van der Waals surface area contributed by atoms with E-state index in [2.05, 4.69) is 48.5 Å². The van der Waals surface area contributed by atoms with Gasteiger partial charge in [0.2, 0.25) is 0 Å². The summed E-state index contributed by atoms with van der Waals surface area (Å²) in [6.45, 7) is 5.47. The summed E-state index contributed by atoms with van der Waals surface area (Å²) in [7, 11) is 2.20. The lowest BCUT2D eigenvalue weighted by Crippen LogP contribution is -2.32. The number of ether oxygens (including phenoxy) is 1. The fraction of sp³-hybridized carbons (Fsp3) is 0.667. The van der Waals surface area contributed by atoms with Crippen LogP contribution in [0.4, 0.5) is 0 Å². The van der Waals surface area contributed by atoms with Crippen LogP contribution in [-0.2, 0) is 0 Å². The Morgan fingerprint density at radius 2 is 2.19 bits per heavy atom. The van der Waals surface area contributed by atoms with Crippen LogP contribution >= 0.6 is 0 Å². The average Bonchev–Trinajstić information content (AvgIpc) is 2.91. The molecule has 2 aliphatic heterocycles. The van der Waals surface area contributed by atoms with Crippen molar-refractivity contribution in [2.75, 3.05) is 26.7 Å². The second kappa shape index (κ2) is 6.80. The van der Waals surface area contributed by atoms with Gasteiger partial charge in [-0.05, 0) is 69.4 Å². The molecule has 1 aromatic rings. The minimum absolute atomic E-state index is 0.499. The van der Waals surface area contributed by atoms with Crippen LogP contribution in [0, 0.1) is 5.92 Å². The van der Waals surface area contributed by atoms with Crippen molar-refractivity contribution in [1.29, 1.82) is 0 Å². The number of benzene rings is 1. The third kappa shape index (κ3) is 3.78. The highest BCUT2D eigenvalue weighted by Gasteiger charge is 2.22. The molecule has 3 heteroatoms. The molecule has 21 heavy (non-hydrogen) atoms. The molecule has 0 aromatic heterocycles. The first-order valence-electron chi connectivity index (χ1n) is 8.39. The highest BCUT2D eigenvalue weighted by molar-refractivity contribution is 5.31. The molecular weight excluding hydrogens is 260 g/mol. The molecule has 0 radical (unpaired) electrons. The summed E-state index contributed by atoms with van der Waals surface area (Å²) >= 11 is 0. The smallest absolute Gasteiger partial charge is 0.119 e. The zero-order valence-electron chi connectivity index (χ0n) is 13.3. The van der Waals surface area contributed by atoms with E-state index in [4.69, 9.17) is 4.74 Å². The summed E-state index contributed by atoms with van der Waals surface area (Å²) in [6.07, 6.45) is 5.11. The molecule has 0 aliphatic carbocycles. The summed E-state index contributed by atoms with van der Waals surface area (Å²) in [5.74, 6) is 1.83. The van der Waals surface area contributed by atoms with E-state index in [0.717, 1.165) is 24.8 Å². The second-order valence-electron chi connectivity index (χ2n) is 6.80. The molecule has 2 heterocycles. The van der Waals surface area contributed by atoms with Crippen molar-refractivity contribution in [3.05, 3.63) is 29.8 Å². The molecule has 2 aliphatic rings. The average molecular weight is 288 g/mol. The van der Waals surface area contributed by atoms with Crippen LogP contribution in [0.3, 0.4) is 0 Å². The molecule has 0 unspecified atom stereocenters. The minimum Gasteiger partial charge on any atom is -0.492 e. The largest absolute Gasteiger partial charge is 0.492 e. The van der Waals surface area contributed by atoms with E-state index >= 15 is 0 Å². The molecule has 1 aromatic carbocycles. The Morgan fingerprint density at radius 1 is 1.29 bits per heavy atom. The minimum atomic E-state index is 0.499. The van der Waals surface area contributed by atoms with Gasteiger partial charge in [0.1, 0.15) is 12.4 Å². The number of nitrogens with one attached hydrogen (secondary N) is 1. The van der Waals surface area contributed by atoms with Gasteiger partial charge in [-0.1, -0.05) is 19.1 Å². The number of likely N-dealkylation sites (N-methyl/N-ethyl adjacent to an activating group) is 1. The zero-order valence-corrected chi connectivity index (χ0v) is 13.3. The Morgan fingerprint density at radius 3 is 2.90 bits per heavy atom. The van der Waals surface area contributed by atoms with Crippen LogP contribution in [0.25, 0.3) is 0 Å². The van der Waals surface area contributed by atoms with Crippen LogP contribution in [0.1, 0.15) is 44.2 Å². The normalized spacial score (nSPS) is 30.5. The Balaban J connectivity index is 1.58. The summed E-state index contributed by atoms with van der Waals surface area (Å²) in [4.78, 5) is 2.41. The van der Waals surface area contributed by atoms with Gasteiger partial charge in [0.05, 0.1) is 0 Å². The number of piperidine rings is 1. The highest BCUT2D eigenvalue weighted by Crippen LogP contribution is 2.28. The first-order chi connectivity index (χ1) is 10.2. The summed E-state index contributed by atoms with van der Waals surface area (Å²) in [6, 6.07) is 9.75. The van der Waals surface area contributed by atoms with Crippen molar-refractivity contribution in [2.24, 2.45) is 5.92 Å². The zero-order chi connectivity index (χ0) is 14.7.